The second-order valence-corrected chi connectivity index (χ2v) is 4.58. The van der Waals surface area contributed by atoms with E-state index in [0.29, 0.717) is 11.2 Å². The van der Waals surface area contributed by atoms with Crippen LogP contribution in [0, 0.1) is 12.7 Å². The number of benzene rings is 2. The summed E-state index contributed by atoms with van der Waals surface area (Å²) in [6.07, 6.45) is 0. The highest BCUT2D eigenvalue weighted by atomic mass is 19.1. The Morgan fingerprint density at radius 2 is 1.62 bits per heavy atom. The van der Waals surface area contributed by atoms with E-state index in [0.717, 1.165) is 5.52 Å². The number of nitrogens with zero attached hydrogens (tertiary/aromatic N) is 2. The average Bonchev–Trinajstić information content (AvgIpc) is 2.49. The van der Waals surface area contributed by atoms with Gasteiger partial charge in [0.1, 0.15) is 11.5 Å². The number of carbonyl (C=O) groups excluding carboxylic acids is 1. The summed E-state index contributed by atoms with van der Waals surface area (Å²) in [7, 11) is 0. The minimum Gasteiger partial charge on any atom is -0.318 e. The number of para-hydroxylation sites is 3. The summed E-state index contributed by atoms with van der Waals surface area (Å²) < 4.78 is 13.6. The minimum atomic E-state index is -0.489. The molecule has 0 atom stereocenters. The van der Waals surface area contributed by atoms with Crippen molar-refractivity contribution in [2.75, 3.05) is 5.32 Å². The van der Waals surface area contributed by atoms with Gasteiger partial charge >= 0.3 is 0 Å². The Bertz CT molecular complexity index is 833. The standard InChI is InChI=1S/C16H12FN3O/c1-10-15(19-14-9-5-4-8-13(14)18-10)16(21)20-12-7-3-2-6-11(12)17/h2-9H,1H3,(H,20,21). The highest BCUT2D eigenvalue weighted by Gasteiger charge is 2.15. The van der Waals surface area contributed by atoms with Gasteiger partial charge < -0.3 is 5.32 Å². The molecule has 4 nitrogen and oxygen atoms in total. The molecule has 3 rings (SSSR count). The zero-order chi connectivity index (χ0) is 14.8. The van der Waals surface area contributed by atoms with Crippen LogP contribution >= 0.6 is 0 Å². The van der Waals surface area contributed by atoms with Crippen LogP contribution in [0.15, 0.2) is 48.5 Å². The molecule has 0 saturated heterocycles. The molecule has 1 amide bonds. The molecule has 1 N–H and O–H groups in total. The number of carbonyl (C=O) groups is 1. The van der Waals surface area contributed by atoms with Crippen molar-refractivity contribution >= 4 is 22.6 Å². The summed E-state index contributed by atoms with van der Waals surface area (Å²) in [5.41, 5.74) is 2.16. The molecule has 0 aliphatic heterocycles. The highest BCUT2D eigenvalue weighted by molar-refractivity contribution is 6.04. The molecule has 5 heteroatoms. The molecule has 0 aliphatic carbocycles. The fourth-order valence-electron chi connectivity index (χ4n) is 2.05. The van der Waals surface area contributed by atoms with Crippen LogP contribution in [0.2, 0.25) is 0 Å². The van der Waals surface area contributed by atoms with Crippen LogP contribution in [0.5, 0.6) is 0 Å². The topological polar surface area (TPSA) is 54.9 Å². The number of nitrogens with one attached hydrogen (secondary N) is 1. The van der Waals surface area contributed by atoms with Crippen LogP contribution in [0.3, 0.4) is 0 Å². The summed E-state index contributed by atoms with van der Waals surface area (Å²) in [5.74, 6) is -0.965. The van der Waals surface area contributed by atoms with Gasteiger partial charge in [-0.2, -0.15) is 0 Å². The Hall–Kier alpha value is -2.82. The molecule has 0 spiro atoms. The molecular formula is C16H12FN3O. The number of anilines is 1. The maximum atomic E-state index is 13.6. The molecule has 0 radical (unpaired) electrons. The van der Waals surface area contributed by atoms with E-state index in [4.69, 9.17) is 0 Å². The zero-order valence-corrected chi connectivity index (χ0v) is 11.3. The van der Waals surface area contributed by atoms with Gasteiger partial charge in [0.2, 0.25) is 0 Å². The molecule has 1 heterocycles. The number of aryl methyl sites for hydroxylation is 1. The summed E-state index contributed by atoms with van der Waals surface area (Å²) in [6, 6.07) is 13.3. The van der Waals surface area contributed by atoms with E-state index in [2.05, 4.69) is 15.3 Å². The van der Waals surface area contributed by atoms with Gasteiger partial charge in [0, 0.05) is 0 Å². The van der Waals surface area contributed by atoms with Gasteiger partial charge in [-0.1, -0.05) is 24.3 Å². The number of aromatic nitrogens is 2. The van der Waals surface area contributed by atoms with Crippen molar-refractivity contribution in [1.29, 1.82) is 0 Å². The molecule has 1 aromatic heterocycles. The minimum absolute atomic E-state index is 0.122. The smallest absolute Gasteiger partial charge is 0.276 e. The SMILES string of the molecule is Cc1nc2ccccc2nc1C(=O)Nc1ccccc1F. The molecule has 0 unspecified atom stereocenters. The monoisotopic (exact) mass is 281 g/mol. The lowest BCUT2D eigenvalue weighted by Crippen LogP contribution is -2.17. The molecule has 3 aromatic rings. The lowest BCUT2D eigenvalue weighted by atomic mass is 10.2. The molecule has 2 aromatic carbocycles. The fourth-order valence-corrected chi connectivity index (χ4v) is 2.05. The first-order valence-corrected chi connectivity index (χ1v) is 6.44. The predicted octanol–water partition coefficient (Wildman–Crippen LogP) is 3.33. The molecule has 0 saturated carbocycles. The Morgan fingerprint density at radius 3 is 2.33 bits per heavy atom. The Kier molecular flexibility index (Phi) is 3.31. The van der Waals surface area contributed by atoms with E-state index >= 15 is 0 Å². The summed E-state index contributed by atoms with van der Waals surface area (Å²) in [5, 5.41) is 2.52. The van der Waals surface area contributed by atoms with Gasteiger partial charge in [0.05, 0.1) is 22.4 Å². The maximum absolute atomic E-state index is 13.6. The van der Waals surface area contributed by atoms with Crippen LogP contribution in [-0.4, -0.2) is 15.9 Å². The third-order valence-electron chi connectivity index (χ3n) is 3.08. The van der Waals surface area contributed by atoms with Crippen LogP contribution < -0.4 is 5.32 Å². The van der Waals surface area contributed by atoms with E-state index in [9.17, 15) is 9.18 Å². The fraction of sp³-hybridized carbons (Fsp3) is 0.0625. The number of amides is 1. The predicted molar refractivity (Wildman–Crippen MR) is 78.6 cm³/mol. The molecule has 104 valence electrons. The third-order valence-corrected chi connectivity index (χ3v) is 3.08. The number of fused-ring (bicyclic) bond motifs is 1. The van der Waals surface area contributed by atoms with Gasteiger partial charge in [0.15, 0.2) is 0 Å². The quantitative estimate of drug-likeness (QED) is 0.784. The van der Waals surface area contributed by atoms with E-state index in [-0.39, 0.29) is 11.4 Å². The third kappa shape index (κ3) is 2.58. The summed E-state index contributed by atoms with van der Waals surface area (Å²) in [6.45, 7) is 1.70. The molecular weight excluding hydrogens is 269 g/mol. The van der Waals surface area contributed by atoms with Crippen LogP contribution in [0.4, 0.5) is 10.1 Å². The van der Waals surface area contributed by atoms with Crippen molar-refractivity contribution in [3.8, 4) is 0 Å². The lowest BCUT2D eigenvalue weighted by molar-refractivity contribution is 0.102. The highest BCUT2D eigenvalue weighted by Crippen LogP contribution is 2.16. The summed E-state index contributed by atoms with van der Waals surface area (Å²) in [4.78, 5) is 20.9. The van der Waals surface area contributed by atoms with E-state index in [1.807, 2.05) is 18.2 Å². The van der Waals surface area contributed by atoms with Crippen molar-refractivity contribution < 1.29 is 9.18 Å². The van der Waals surface area contributed by atoms with Gasteiger partial charge in [-0.3, -0.25) is 4.79 Å². The second kappa shape index (κ2) is 5.28. The van der Waals surface area contributed by atoms with Gasteiger partial charge in [-0.25, -0.2) is 14.4 Å². The lowest BCUT2D eigenvalue weighted by Gasteiger charge is -2.08. The van der Waals surface area contributed by atoms with E-state index < -0.39 is 11.7 Å². The van der Waals surface area contributed by atoms with Crippen molar-refractivity contribution in [3.63, 3.8) is 0 Å². The number of halogens is 1. The van der Waals surface area contributed by atoms with Crippen molar-refractivity contribution in [3.05, 3.63) is 65.7 Å². The van der Waals surface area contributed by atoms with Crippen molar-refractivity contribution in [2.24, 2.45) is 0 Å². The zero-order valence-electron chi connectivity index (χ0n) is 11.3. The van der Waals surface area contributed by atoms with Gasteiger partial charge in [-0.05, 0) is 31.2 Å². The van der Waals surface area contributed by atoms with Crippen LogP contribution in [0.25, 0.3) is 11.0 Å². The molecule has 0 fully saturated rings. The number of hydrogen-bond donors (Lipinski definition) is 1. The Labute approximate surface area is 120 Å². The largest absolute Gasteiger partial charge is 0.318 e. The van der Waals surface area contributed by atoms with Crippen LogP contribution in [0.1, 0.15) is 16.2 Å². The number of hydrogen-bond acceptors (Lipinski definition) is 3. The summed E-state index contributed by atoms with van der Waals surface area (Å²) >= 11 is 0. The number of rotatable bonds is 2. The van der Waals surface area contributed by atoms with E-state index in [1.54, 1.807) is 25.1 Å². The van der Waals surface area contributed by atoms with Crippen molar-refractivity contribution in [1.82, 2.24) is 9.97 Å². The van der Waals surface area contributed by atoms with Crippen molar-refractivity contribution in [2.45, 2.75) is 6.92 Å². The normalized spacial score (nSPS) is 10.6. The Balaban J connectivity index is 1.98. The molecule has 0 bridgehead atoms. The van der Waals surface area contributed by atoms with Gasteiger partial charge in [0.25, 0.3) is 5.91 Å². The maximum Gasteiger partial charge on any atom is 0.276 e. The Morgan fingerprint density at radius 1 is 1.00 bits per heavy atom. The first kappa shape index (κ1) is 13.2. The average molecular weight is 281 g/mol. The first-order chi connectivity index (χ1) is 10.1. The van der Waals surface area contributed by atoms with Crippen LogP contribution in [-0.2, 0) is 0 Å². The van der Waals surface area contributed by atoms with Gasteiger partial charge in [-0.15, -0.1) is 0 Å². The van der Waals surface area contributed by atoms with E-state index in [1.165, 1.54) is 12.1 Å². The second-order valence-electron chi connectivity index (χ2n) is 4.58. The molecule has 0 aliphatic rings. The first-order valence-electron chi connectivity index (χ1n) is 6.44. The molecule has 21 heavy (non-hydrogen) atoms.